The van der Waals surface area contributed by atoms with Crippen LogP contribution in [0.25, 0.3) is 22.3 Å². The van der Waals surface area contributed by atoms with Gasteiger partial charge in [0.1, 0.15) is 11.3 Å². The topological polar surface area (TPSA) is 84.5 Å². The van der Waals surface area contributed by atoms with Crippen LogP contribution in [0.15, 0.2) is 74.3 Å². The molecule has 1 amide bonds. The molecular weight excluding hydrogens is 447 g/mol. The van der Waals surface area contributed by atoms with Crippen molar-refractivity contribution in [2.75, 3.05) is 5.32 Å². The maximum atomic E-state index is 12.5. The van der Waals surface area contributed by atoms with Crippen LogP contribution in [0.1, 0.15) is 10.6 Å². The fourth-order valence-electron chi connectivity index (χ4n) is 2.77. The van der Waals surface area contributed by atoms with Crippen LogP contribution in [0, 0.1) is 0 Å². The fraction of sp³-hybridized carbons (Fsp3) is 0. The van der Waals surface area contributed by atoms with Gasteiger partial charge in [-0.15, -0.1) is 0 Å². The first-order valence-corrected chi connectivity index (χ1v) is 9.77. The normalized spacial score (nSPS) is 10.7. The van der Waals surface area contributed by atoms with Crippen molar-refractivity contribution < 1.29 is 13.6 Å². The molecule has 2 N–H and O–H groups in total. The molecule has 4 rings (SSSR count). The molecule has 2 heterocycles. The lowest BCUT2D eigenvalue weighted by molar-refractivity contribution is 0.0951. The summed E-state index contributed by atoms with van der Waals surface area (Å²) < 4.78 is 10.7. The number of thiocarbonyl (C=S) groups is 1. The van der Waals surface area contributed by atoms with Crippen molar-refractivity contribution in [3.8, 4) is 11.3 Å². The maximum Gasteiger partial charge on any atom is 0.336 e. The standard InChI is InChI=1S/C21H12Cl2N2O4S/c22-12-2-4-15(23)14(10-12)17-6-7-18(28-17)20(27)25-21(30)24-13-3-5-16-11(9-13)1-8-19(26)29-16/h1-10H,(H2,24,25,27,30). The highest BCUT2D eigenvalue weighted by Gasteiger charge is 2.15. The molecule has 0 radical (unpaired) electrons. The first kappa shape index (κ1) is 20.2. The number of nitrogens with one attached hydrogen (secondary N) is 2. The monoisotopic (exact) mass is 458 g/mol. The molecule has 0 aliphatic heterocycles. The van der Waals surface area contributed by atoms with Crippen LogP contribution in [0.5, 0.6) is 0 Å². The Kier molecular flexibility index (Phi) is 5.59. The average molecular weight is 459 g/mol. The molecule has 0 bridgehead atoms. The molecule has 2 aromatic carbocycles. The van der Waals surface area contributed by atoms with E-state index in [2.05, 4.69) is 10.6 Å². The number of hydrogen-bond acceptors (Lipinski definition) is 5. The molecule has 6 nitrogen and oxygen atoms in total. The lowest BCUT2D eigenvalue weighted by Gasteiger charge is -2.09. The number of carbonyl (C=O) groups excluding carboxylic acids is 1. The van der Waals surface area contributed by atoms with Gasteiger partial charge in [0.25, 0.3) is 5.91 Å². The van der Waals surface area contributed by atoms with Gasteiger partial charge in [0.15, 0.2) is 10.9 Å². The number of benzene rings is 2. The van der Waals surface area contributed by atoms with Crippen LogP contribution in [0.2, 0.25) is 10.0 Å². The van der Waals surface area contributed by atoms with Gasteiger partial charge in [0, 0.05) is 27.7 Å². The van der Waals surface area contributed by atoms with Crippen molar-refractivity contribution in [1.29, 1.82) is 0 Å². The first-order chi connectivity index (χ1) is 14.4. The second kappa shape index (κ2) is 8.31. The zero-order valence-corrected chi connectivity index (χ0v) is 17.4. The van der Waals surface area contributed by atoms with E-state index in [0.717, 1.165) is 0 Å². The van der Waals surface area contributed by atoms with Crippen LogP contribution in [-0.4, -0.2) is 11.0 Å². The summed E-state index contributed by atoms with van der Waals surface area (Å²) in [6, 6.07) is 16.1. The highest BCUT2D eigenvalue weighted by atomic mass is 35.5. The molecule has 150 valence electrons. The molecule has 0 atom stereocenters. The quantitative estimate of drug-likeness (QED) is 0.312. The SMILES string of the molecule is O=C(NC(=S)Nc1ccc2oc(=O)ccc2c1)c1ccc(-c2cc(Cl)ccc2Cl)o1. The zero-order valence-electron chi connectivity index (χ0n) is 15.1. The van der Waals surface area contributed by atoms with Gasteiger partial charge >= 0.3 is 5.63 Å². The predicted molar refractivity (Wildman–Crippen MR) is 120 cm³/mol. The Hall–Kier alpha value is -3.13. The van der Waals surface area contributed by atoms with E-state index in [-0.39, 0.29) is 10.9 Å². The number of halogens is 2. The van der Waals surface area contributed by atoms with E-state index < -0.39 is 11.5 Å². The van der Waals surface area contributed by atoms with E-state index in [1.807, 2.05) is 0 Å². The highest BCUT2D eigenvalue weighted by Crippen LogP contribution is 2.31. The van der Waals surface area contributed by atoms with Crippen molar-refractivity contribution >= 4 is 63.1 Å². The lowest BCUT2D eigenvalue weighted by Crippen LogP contribution is -2.33. The molecule has 0 spiro atoms. The lowest BCUT2D eigenvalue weighted by atomic mass is 10.2. The van der Waals surface area contributed by atoms with Gasteiger partial charge in [-0.1, -0.05) is 23.2 Å². The number of carbonyl (C=O) groups is 1. The van der Waals surface area contributed by atoms with E-state index in [1.165, 1.54) is 12.1 Å². The van der Waals surface area contributed by atoms with E-state index in [4.69, 9.17) is 44.3 Å². The van der Waals surface area contributed by atoms with E-state index in [9.17, 15) is 9.59 Å². The smallest absolute Gasteiger partial charge is 0.336 e. The minimum atomic E-state index is -0.524. The Bertz CT molecular complexity index is 1350. The highest BCUT2D eigenvalue weighted by molar-refractivity contribution is 7.80. The summed E-state index contributed by atoms with van der Waals surface area (Å²) >= 11 is 17.4. The average Bonchev–Trinajstić information content (AvgIpc) is 3.20. The molecule has 0 unspecified atom stereocenters. The Morgan fingerprint density at radius 2 is 1.77 bits per heavy atom. The molecule has 0 aliphatic carbocycles. The number of fused-ring (bicyclic) bond motifs is 1. The summed E-state index contributed by atoms with van der Waals surface area (Å²) in [4.78, 5) is 23.7. The predicted octanol–water partition coefficient (Wildman–Crippen LogP) is 5.49. The largest absolute Gasteiger partial charge is 0.451 e. The molecule has 9 heteroatoms. The second-order valence-corrected chi connectivity index (χ2v) is 7.46. The Morgan fingerprint density at radius 1 is 0.933 bits per heavy atom. The summed E-state index contributed by atoms with van der Waals surface area (Å²) in [7, 11) is 0. The van der Waals surface area contributed by atoms with Crippen LogP contribution in [0.3, 0.4) is 0 Å². The third-order valence-electron chi connectivity index (χ3n) is 4.13. The molecular formula is C21H12Cl2N2O4S. The summed E-state index contributed by atoms with van der Waals surface area (Å²) in [5.41, 5.74) is 1.22. The van der Waals surface area contributed by atoms with Crippen LogP contribution >= 0.6 is 35.4 Å². The summed E-state index contributed by atoms with van der Waals surface area (Å²) in [6.45, 7) is 0. The van der Waals surface area contributed by atoms with Crippen LogP contribution in [0.4, 0.5) is 5.69 Å². The molecule has 0 saturated heterocycles. The summed E-state index contributed by atoms with van der Waals surface area (Å²) in [5.74, 6) is -0.0586. The molecule has 0 saturated carbocycles. The van der Waals surface area contributed by atoms with Gasteiger partial charge in [-0.2, -0.15) is 0 Å². The van der Waals surface area contributed by atoms with Crippen molar-refractivity contribution in [2.24, 2.45) is 0 Å². The molecule has 0 fully saturated rings. The zero-order chi connectivity index (χ0) is 21.3. The molecule has 2 aromatic heterocycles. The van der Waals surface area contributed by atoms with Gasteiger partial charge in [0.2, 0.25) is 0 Å². The van der Waals surface area contributed by atoms with Gasteiger partial charge in [0.05, 0.1) is 5.02 Å². The number of anilines is 1. The molecule has 0 aliphatic rings. The minimum absolute atomic E-state index is 0.0606. The van der Waals surface area contributed by atoms with E-state index >= 15 is 0 Å². The molecule has 30 heavy (non-hydrogen) atoms. The number of amides is 1. The third-order valence-corrected chi connectivity index (χ3v) is 4.90. The van der Waals surface area contributed by atoms with Gasteiger partial charge < -0.3 is 14.2 Å². The first-order valence-electron chi connectivity index (χ1n) is 8.60. The van der Waals surface area contributed by atoms with Crippen LogP contribution < -0.4 is 16.3 Å². The second-order valence-electron chi connectivity index (χ2n) is 6.20. The minimum Gasteiger partial charge on any atom is -0.451 e. The number of rotatable bonds is 3. The Balaban J connectivity index is 1.46. The van der Waals surface area contributed by atoms with Gasteiger partial charge in [-0.3, -0.25) is 10.1 Å². The maximum absolute atomic E-state index is 12.5. The van der Waals surface area contributed by atoms with Gasteiger partial charge in [-0.25, -0.2) is 4.79 Å². The fourth-order valence-corrected chi connectivity index (χ4v) is 3.36. The van der Waals surface area contributed by atoms with Crippen molar-refractivity contribution in [3.05, 3.63) is 86.9 Å². The van der Waals surface area contributed by atoms with E-state index in [0.29, 0.717) is 38.0 Å². The summed E-state index contributed by atoms with van der Waals surface area (Å²) in [5, 5.41) is 7.19. The molecule has 4 aromatic rings. The van der Waals surface area contributed by atoms with E-state index in [1.54, 1.807) is 48.5 Å². The Labute approximate surface area is 185 Å². The van der Waals surface area contributed by atoms with Crippen molar-refractivity contribution in [1.82, 2.24) is 5.32 Å². The van der Waals surface area contributed by atoms with Crippen molar-refractivity contribution in [2.45, 2.75) is 0 Å². The van der Waals surface area contributed by atoms with Crippen LogP contribution in [-0.2, 0) is 0 Å². The van der Waals surface area contributed by atoms with Gasteiger partial charge in [-0.05, 0) is 66.8 Å². The Morgan fingerprint density at radius 3 is 2.60 bits per heavy atom. The van der Waals surface area contributed by atoms with Crippen molar-refractivity contribution in [3.63, 3.8) is 0 Å². The number of hydrogen-bond donors (Lipinski definition) is 2. The summed E-state index contributed by atoms with van der Waals surface area (Å²) in [6.07, 6.45) is 0. The number of furan rings is 1. The third kappa shape index (κ3) is 4.38.